The Balaban J connectivity index is 2.09. The van der Waals surface area contributed by atoms with E-state index >= 15 is 0 Å². The van der Waals surface area contributed by atoms with Gasteiger partial charge in [0.2, 0.25) is 0 Å². The van der Waals surface area contributed by atoms with Crippen LogP contribution >= 0.6 is 0 Å². The van der Waals surface area contributed by atoms with Crippen molar-refractivity contribution >= 4 is 5.78 Å². The van der Waals surface area contributed by atoms with Gasteiger partial charge in [-0.25, -0.2) is 0 Å². The number of rotatable bonds is 7. The highest BCUT2D eigenvalue weighted by molar-refractivity contribution is 5.95. The number of hydrogen-bond donors (Lipinski definition) is 0. The second kappa shape index (κ2) is 9.21. The van der Waals surface area contributed by atoms with Crippen LogP contribution < -0.4 is 0 Å². The van der Waals surface area contributed by atoms with Crippen molar-refractivity contribution in [2.24, 2.45) is 0 Å². The molecule has 1 aliphatic carbocycles. The summed E-state index contributed by atoms with van der Waals surface area (Å²) in [6, 6.07) is 0. The van der Waals surface area contributed by atoms with Crippen molar-refractivity contribution < 1.29 is 4.79 Å². The first kappa shape index (κ1) is 14.2. The van der Waals surface area contributed by atoms with E-state index in [0.29, 0.717) is 5.78 Å². The zero-order chi connectivity index (χ0) is 12.3. The molecule has 0 aromatic rings. The van der Waals surface area contributed by atoms with E-state index in [1.807, 2.05) is 0 Å². The van der Waals surface area contributed by atoms with Crippen molar-refractivity contribution in [3.05, 3.63) is 23.8 Å². The van der Waals surface area contributed by atoms with Crippen LogP contribution in [-0.4, -0.2) is 5.78 Å². The molecule has 0 heterocycles. The monoisotopic (exact) mass is 234 g/mol. The van der Waals surface area contributed by atoms with Gasteiger partial charge in [-0.15, -0.1) is 0 Å². The lowest BCUT2D eigenvalue weighted by Crippen LogP contribution is -2.08. The van der Waals surface area contributed by atoms with E-state index in [4.69, 9.17) is 0 Å². The van der Waals surface area contributed by atoms with Gasteiger partial charge in [0.1, 0.15) is 0 Å². The SMILES string of the molecule is CCCCC/C=C/CC/C=C1\CCCCC1=O. The lowest BCUT2D eigenvalue weighted by Gasteiger charge is -2.11. The largest absolute Gasteiger partial charge is 0.295 e. The Bertz CT molecular complexity index is 273. The Labute approximate surface area is 106 Å². The fraction of sp³-hybridized carbons (Fsp3) is 0.688. The van der Waals surface area contributed by atoms with E-state index in [1.165, 1.54) is 32.1 Å². The molecule has 1 aliphatic rings. The molecule has 0 aromatic carbocycles. The highest BCUT2D eigenvalue weighted by atomic mass is 16.1. The van der Waals surface area contributed by atoms with Crippen LogP contribution in [0.2, 0.25) is 0 Å². The van der Waals surface area contributed by atoms with Gasteiger partial charge in [0.15, 0.2) is 5.78 Å². The van der Waals surface area contributed by atoms with Gasteiger partial charge in [-0.3, -0.25) is 4.79 Å². The summed E-state index contributed by atoms with van der Waals surface area (Å²) in [7, 11) is 0. The molecular weight excluding hydrogens is 208 g/mol. The normalized spacial score (nSPS) is 19.4. The van der Waals surface area contributed by atoms with Crippen LogP contribution in [0.3, 0.4) is 0 Å². The summed E-state index contributed by atoms with van der Waals surface area (Å²) in [5, 5.41) is 0. The van der Waals surface area contributed by atoms with E-state index in [9.17, 15) is 4.79 Å². The van der Waals surface area contributed by atoms with Crippen molar-refractivity contribution in [2.45, 2.75) is 71.1 Å². The van der Waals surface area contributed by atoms with Crippen molar-refractivity contribution in [3.63, 3.8) is 0 Å². The van der Waals surface area contributed by atoms with Crippen LogP contribution in [0.25, 0.3) is 0 Å². The Hall–Kier alpha value is -0.850. The van der Waals surface area contributed by atoms with Crippen LogP contribution in [0, 0.1) is 0 Å². The summed E-state index contributed by atoms with van der Waals surface area (Å²) >= 11 is 0. The summed E-state index contributed by atoms with van der Waals surface area (Å²) in [6.07, 6.45) is 18.1. The fourth-order valence-corrected chi connectivity index (χ4v) is 2.22. The van der Waals surface area contributed by atoms with Crippen LogP contribution in [0.1, 0.15) is 71.1 Å². The number of allylic oxidation sites excluding steroid dienone is 4. The smallest absolute Gasteiger partial charge is 0.158 e. The molecule has 0 bridgehead atoms. The minimum atomic E-state index is 0.392. The third-order valence-electron chi connectivity index (χ3n) is 3.32. The number of hydrogen-bond acceptors (Lipinski definition) is 1. The summed E-state index contributed by atoms with van der Waals surface area (Å²) in [5.74, 6) is 0.392. The maximum absolute atomic E-state index is 11.5. The van der Waals surface area contributed by atoms with Gasteiger partial charge >= 0.3 is 0 Å². The third-order valence-corrected chi connectivity index (χ3v) is 3.32. The van der Waals surface area contributed by atoms with E-state index in [2.05, 4.69) is 25.2 Å². The molecule has 0 saturated heterocycles. The molecule has 1 fully saturated rings. The highest BCUT2D eigenvalue weighted by Crippen LogP contribution is 2.20. The summed E-state index contributed by atoms with van der Waals surface area (Å²) < 4.78 is 0. The average molecular weight is 234 g/mol. The van der Waals surface area contributed by atoms with Crippen molar-refractivity contribution in [3.8, 4) is 0 Å². The van der Waals surface area contributed by atoms with E-state index < -0.39 is 0 Å². The molecule has 0 atom stereocenters. The Kier molecular flexibility index (Phi) is 7.70. The lowest BCUT2D eigenvalue weighted by molar-refractivity contribution is -0.116. The number of carbonyl (C=O) groups is 1. The first-order valence-corrected chi connectivity index (χ1v) is 7.22. The van der Waals surface area contributed by atoms with Crippen LogP contribution in [-0.2, 0) is 4.79 Å². The topological polar surface area (TPSA) is 17.1 Å². The quantitative estimate of drug-likeness (QED) is 0.345. The average Bonchev–Trinajstić information content (AvgIpc) is 2.35. The minimum Gasteiger partial charge on any atom is -0.295 e. The van der Waals surface area contributed by atoms with Crippen molar-refractivity contribution in [2.75, 3.05) is 0 Å². The fourth-order valence-electron chi connectivity index (χ4n) is 2.22. The molecule has 0 aliphatic heterocycles. The van der Waals surface area contributed by atoms with Crippen LogP contribution in [0.4, 0.5) is 0 Å². The molecule has 0 spiro atoms. The molecule has 0 radical (unpaired) electrons. The van der Waals surface area contributed by atoms with Gasteiger partial charge in [-0.05, 0) is 50.5 Å². The first-order chi connectivity index (χ1) is 8.34. The molecule has 17 heavy (non-hydrogen) atoms. The Morgan fingerprint density at radius 1 is 1.00 bits per heavy atom. The molecule has 0 unspecified atom stereocenters. The predicted molar refractivity (Wildman–Crippen MR) is 74.1 cm³/mol. The summed E-state index contributed by atoms with van der Waals surface area (Å²) in [5.41, 5.74) is 1.09. The van der Waals surface area contributed by atoms with Crippen LogP contribution in [0.15, 0.2) is 23.8 Å². The van der Waals surface area contributed by atoms with E-state index in [-0.39, 0.29) is 0 Å². The Morgan fingerprint density at radius 2 is 1.76 bits per heavy atom. The summed E-state index contributed by atoms with van der Waals surface area (Å²) in [6.45, 7) is 2.23. The maximum Gasteiger partial charge on any atom is 0.158 e. The van der Waals surface area contributed by atoms with Gasteiger partial charge in [0, 0.05) is 6.42 Å². The molecule has 96 valence electrons. The molecule has 1 nitrogen and oxygen atoms in total. The number of carbonyl (C=O) groups excluding carboxylic acids is 1. The standard InChI is InChI=1S/C16H26O/c1-2-3-4-5-6-7-8-9-12-15-13-10-11-14-16(15)17/h6-7,12H,2-5,8-11,13-14H2,1H3/b7-6+,15-12+. The number of unbranched alkanes of at least 4 members (excludes halogenated alkanes) is 4. The molecule has 1 saturated carbocycles. The van der Waals surface area contributed by atoms with Crippen LogP contribution in [0.5, 0.6) is 0 Å². The van der Waals surface area contributed by atoms with Gasteiger partial charge in [-0.2, -0.15) is 0 Å². The third kappa shape index (κ3) is 6.45. The highest BCUT2D eigenvalue weighted by Gasteiger charge is 2.13. The van der Waals surface area contributed by atoms with Gasteiger partial charge in [0.25, 0.3) is 0 Å². The molecule has 0 aromatic heterocycles. The second-order valence-electron chi connectivity index (χ2n) is 4.90. The van der Waals surface area contributed by atoms with Crippen molar-refractivity contribution in [1.82, 2.24) is 0 Å². The molecule has 0 amide bonds. The van der Waals surface area contributed by atoms with Crippen molar-refractivity contribution in [1.29, 1.82) is 0 Å². The van der Waals surface area contributed by atoms with E-state index in [1.54, 1.807) is 0 Å². The molecule has 1 heteroatoms. The zero-order valence-corrected chi connectivity index (χ0v) is 11.2. The minimum absolute atomic E-state index is 0.392. The van der Waals surface area contributed by atoms with Gasteiger partial charge in [0.05, 0.1) is 0 Å². The van der Waals surface area contributed by atoms with E-state index in [0.717, 1.165) is 37.7 Å². The first-order valence-electron chi connectivity index (χ1n) is 7.22. The summed E-state index contributed by atoms with van der Waals surface area (Å²) in [4.78, 5) is 11.5. The second-order valence-corrected chi connectivity index (χ2v) is 4.90. The molecule has 0 N–H and O–H groups in total. The van der Waals surface area contributed by atoms with Gasteiger partial charge in [-0.1, -0.05) is 38.0 Å². The predicted octanol–water partition coefficient (Wildman–Crippen LogP) is 4.97. The lowest BCUT2D eigenvalue weighted by atomic mass is 9.93. The van der Waals surface area contributed by atoms with Gasteiger partial charge < -0.3 is 0 Å². The Morgan fingerprint density at radius 3 is 2.53 bits per heavy atom. The maximum atomic E-state index is 11.5. The number of ketones is 1. The molecular formula is C16H26O. The number of Topliss-reactive ketones (excluding diaryl/α,β-unsaturated/α-hetero) is 1. The zero-order valence-electron chi connectivity index (χ0n) is 11.2. The molecule has 1 rings (SSSR count).